The molecule has 4 nitrogen and oxygen atoms in total. The van der Waals surface area contributed by atoms with Gasteiger partial charge in [0, 0.05) is 19.7 Å². The summed E-state index contributed by atoms with van der Waals surface area (Å²) in [7, 11) is 0. The number of carbonyl (C=O) groups is 1. The van der Waals surface area contributed by atoms with Crippen LogP contribution in [0.5, 0.6) is 0 Å². The van der Waals surface area contributed by atoms with Gasteiger partial charge in [0.1, 0.15) is 0 Å². The number of likely N-dealkylation sites (tertiary alicyclic amines) is 1. The molecule has 1 atom stereocenters. The van der Waals surface area contributed by atoms with Crippen LogP contribution in [0.1, 0.15) is 39.0 Å². The monoisotopic (exact) mass is 240 g/mol. The molecule has 2 N–H and O–H groups in total. The van der Waals surface area contributed by atoms with E-state index in [1.807, 2.05) is 4.90 Å². The summed E-state index contributed by atoms with van der Waals surface area (Å²) < 4.78 is 0. The Morgan fingerprint density at radius 3 is 2.65 bits per heavy atom. The molecule has 0 aromatic rings. The number of aliphatic hydroxyl groups is 1. The average molecular weight is 240 g/mol. The predicted octanol–water partition coefficient (Wildman–Crippen LogP) is 0.749. The lowest BCUT2D eigenvalue weighted by molar-refractivity contribution is -0.136. The Hall–Kier alpha value is -0.610. The standard InChI is InChI=1S/C13H24N2O2/c1-13(10-16)5-8-15(9-6-13)12(17)11-4-2-3-7-14-11/h11,14,16H,2-10H2,1H3/t11-/m0/s1. The van der Waals surface area contributed by atoms with E-state index in [0.717, 1.165) is 45.3 Å². The minimum Gasteiger partial charge on any atom is -0.396 e. The molecule has 2 aliphatic rings. The summed E-state index contributed by atoms with van der Waals surface area (Å²) in [4.78, 5) is 14.2. The summed E-state index contributed by atoms with van der Waals surface area (Å²) in [6.45, 7) is 4.91. The first-order valence-electron chi connectivity index (χ1n) is 6.78. The second kappa shape index (κ2) is 5.36. The first-order chi connectivity index (χ1) is 8.14. The van der Waals surface area contributed by atoms with Gasteiger partial charge in [-0.3, -0.25) is 4.79 Å². The van der Waals surface area contributed by atoms with E-state index in [-0.39, 0.29) is 24.0 Å². The van der Waals surface area contributed by atoms with Gasteiger partial charge in [0.2, 0.25) is 5.91 Å². The topological polar surface area (TPSA) is 52.6 Å². The van der Waals surface area contributed by atoms with E-state index in [4.69, 9.17) is 0 Å². The molecule has 0 radical (unpaired) electrons. The Morgan fingerprint density at radius 1 is 1.41 bits per heavy atom. The normalized spacial score (nSPS) is 29.1. The third-order valence-corrected chi connectivity index (χ3v) is 4.27. The molecule has 4 heteroatoms. The third-order valence-electron chi connectivity index (χ3n) is 4.27. The number of nitrogens with zero attached hydrogens (tertiary/aromatic N) is 1. The van der Waals surface area contributed by atoms with Crippen molar-refractivity contribution >= 4 is 5.91 Å². The van der Waals surface area contributed by atoms with Gasteiger partial charge in [-0.05, 0) is 37.6 Å². The Bertz CT molecular complexity index is 267. The van der Waals surface area contributed by atoms with Crippen molar-refractivity contribution in [3.8, 4) is 0 Å². The number of hydrogen-bond donors (Lipinski definition) is 2. The lowest BCUT2D eigenvalue weighted by Crippen LogP contribution is -2.52. The largest absolute Gasteiger partial charge is 0.396 e. The van der Waals surface area contributed by atoms with Crippen molar-refractivity contribution in [2.24, 2.45) is 5.41 Å². The second-order valence-electron chi connectivity index (χ2n) is 5.80. The van der Waals surface area contributed by atoms with Crippen molar-refractivity contribution in [2.75, 3.05) is 26.2 Å². The maximum Gasteiger partial charge on any atom is 0.239 e. The Balaban J connectivity index is 1.85. The number of amides is 1. The summed E-state index contributed by atoms with van der Waals surface area (Å²) in [5, 5.41) is 12.6. The molecule has 0 spiro atoms. The van der Waals surface area contributed by atoms with E-state index in [1.165, 1.54) is 6.42 Å². The van der Waals surface area contributed by atoms with E-state index >= 15 is 0 Å². The first-order valence-corrected chi connectivity index (χ1v) is 6.78. The van der Waals surface area contributed by atoms with Crippen molar-refractivity contribution in [1.29, 1.82) is 0 Å². The van der Waals surface area contributed by atoms with Crippen molar-refractivity contribution in [3.05, 3.63) is 0 Å². The van der Waals surface area contributed by atoms with Gasteiger partial charge in [0.05, 0.1) is 6.04 Å². The fourth-order valence-electron chi connectivity index (χ4n) is 2.71. The summed E-state index contributed by atoms with van der Waals surface area (Å²) in [5.41, 5.74) is 0.0246. The predicted molar refractivity (Wildman–Crippen MR) is 66.6 cm³/mol. The van der Waals surface area contributed by atoms with Gasteiger partial charge in [0.25, 0.3) is 0 Å². The van der Waals surface area contributed by atoms with Gasteiger partial charge >= 0.3 is 0 Å². The molecule has 98 valence electrons. The van der Waals surface area contributed by atoms with Crippen molar-refractivity contribution in [2.45, 2.75) is 45.1 Å². The number of carbonyl (C=O) groups excluding carboxylic acids is 1. The highest BCUT2D eigenvalue weighted by Crippen LogP contribution is 2.30. The van der Waals surface area contributed by atoms with Crippen LogP contribution in [0.4, 0.5) is 0 Å². The van der Waals surface area contributed by atoms with Crippen molar-refractivity contribution in [1.82, 2.24) is 10.2 Å². The molecule has 2 heterocycles. The van der Waals surface area contributed by atoms with Crippen LogP contribution in [0, 0.1) is 5.41 Å². The molecule has 0 aromatic heterocycles. The van der Waals surface area contributed by atoms with E-state index in [1.54, 1.807) is 0 Å². The van der Waals surface area contributed by atoms with E-state index in [0.29, 0.717) is 0 Å². The number of hydrogen-bond acceptors (Lipinski definition) is 3. The van der Waals surface area contributed by atoms with Crippen LogP contribution in [0.3, 0.4) is 0 Å². The zero-order valence-electron chi connectivity index (χ0n) is 10.7. The van der Waals surface area contributed by atoms with E-state index in [9.17, 15) is 9.90 Å². The Labute approximate surface area is 103 Å². The maximum atomic E-state index is 12.3. The van der Waals surface area contributed by atoms with Crippen molar-refractivity contribution in [3.63, 3.8) is 0 Å². The first kappa shape index (κ1) is 12.8. The molecule has 17 heavy (non-hydrogen) atoms. The van der Waals surface area contributed by atoms with E-state index < -0.39 is 0 Å². The molecule has 0 bridgehead atoms. The smallest absolute Gasteiger partial charge is 0.239 e. The Kier molecular flexibility index (Phi) is 4.05. The highest BCUT2D eigenvalue weighted by Gasteiger charge is 2.33. The van der Waals surface area contributed by atoms with Gasteiger partial charge in [-0.1, -0.05) is 13.3 Å². The minimum absolute atomic E-state index is 0.0246. The number of rotatable bonds is 2. The number of piperidine rings is 2. The molecular weight excluding hydrogens is 216 g/mol. The van der Waals surface area contributed by atoms with Crippen LogP contribution in [0.2, 0.25) is 0 Å². The lowest BCUT2D eigenvalue weighted by Gasteiger charge is -2.40. The molecule has 2 fully saturated rings. The average Bonchev–Trinajstić information content (AvgIpc) is 2.40. The van der Waals surface area contributed by atoms with Gasteiger partial charge < -0.3 is 15.3 Å². The van der Waals surface area contributed by atoms with Crippen LogP contribution in [-0.2, 0) is 4.79 Å². The summed E-state index contributed by atoms with van der Waals surface area (Å²) >= 11 is 0. The van der Waals surface area contributed by atoms with Crippen LogP contribution in [0.25, 0.3) is 0 Å². The van der Waals surface area contributed by atoms with Gasteiger partial charge in [-0.2, -0.15) is 0 Å². The SMILES string of the molecule is CC1(CO)CCN(C(=O)[C@@H]2CCCCN2)CC1. The fraction of sp³-hybridized carbons (Fsp3) is 0.923. The van der Waals surface area contributed by atoms with Crippen LogP contribution < -0.4 is 5.32 Å². The quantitative estimate of drug-likeness (QED) is 0.749. The zero-order chi connectivity index (χ0) is 12.3. The van der Waals surface area contributed by atoms with Crippen LogP contribution in [0.15, 0.2) is 0 Å². The maximum absolute atomic E-state index is 12.3. The molecular formula is C13H24N2O2. The molecule has 2 saturated heterocycles. The van der Waals surface area contributed by atoms with Crippen molar-refractivity contribution < 1.29 is 9.90 Å². The third kappa shape index (κ3) is 2.99. The highest BCUT2D eigenvalue weighted by atomic mass is 16.3. The lowest BCUT2D eigenvalue weighted by atomic mass is 9.81. The minimum atomic E-state index is 0.0246. The summed E-state index contributed by atoms with van der Waals surface area (Å²) in [5.74, 6) is 0.268. The molecule has 0 aliphatic carbocycles. The van der Waals surface area contributed by atoms with Crippen LogP contribution >= 0.6 is 0 Å². The van der Waals surface area contributed by atoms with E-state index in [2.05, 4.69) is 12.2 Å². The molecule has 0 saturated carbocycles. The molecule has 0 unspecified atom stereocenters. The zero-order valence-corrected chi connectivity index (χ0v) is 10.7. The summed E-state index contributed by atoms with van der Waals surface area (Å²) in [6, 6.07) is 0.0437. The highest BCUT2D eigenvalue weighted by molar-refractivity contribution is 5.82. The van der Waals surface area contributed by atoms with Gasteiger partial charge in [-0.15, -0.1) is 0 Å². The molecule has 1 amide bonds. The fourth-order valence-corrected chi connectivity index (χ4v) is 2.71. The molecule has 2 aliphatic heterocycles. The number of aliphatic hydroxyl groups excluding tert-OH is 1. The van der Waals surface area contributed by atoms with Gasteiger partial charge in [-0.25, -0.2) is 0 Å². The molecule has 0 aromatic carbocycles. The second-order valence-corrected chi connectivity index (χ2v) is 5.80. The van der Waals surface area contributed by atoms with Crippen LogP contribution in [-0.4, -0.2) is 48.2 Å². The Morgan fingerprint density at radius 2 is 2.12 bits per heavy atom. The summed E-state index contributed by atoms with van der Waals surface area (Å²) in [6.07, 6.45) is 5.16. The molecule has 2 rings (SSSR count). The van der Waals surface area contributed by atoms with Gasteiger partial charge in [0.15, 0.2) is 0 Å². The number of nitrogens with one attached hydrogen (secondary N) is 1.